The van der Waals surface area contributed by atoms with Crippen LogP contribution in [0.15, 0.2) is 77.4 Å². The van der Waals surface area contributed by atoms with Crippen molar-refractivity contribution in [2.45, 2.75) is 59.8 Å². The van der Waals surface area contributed by atoms with Gasteiger partial charge in [-0.1, -0.05) is 117 Å². The molecule has 2 aromatic carbocycles. The molecule has 0 aliphatic heterocycles. The minimum absolute atomic E-state index is 0. The van der Waals surface area contributed by atoms with Crippen molar-refractivity contribution in [2.24, 2.45) is 11.8 Å². The van der Waals surface area contributed by atoms with Crippen molar-refractivity contribution in [3.8, 4) is 0 Å². The first kappa shape index (κ1) is 35.2. The van der Waals surface area contributed by atoms with Crippen molar-refractivity contribution < 1.29 is 55.8 Å². The monoisotopic (exact) mass is 590 g/mol. The third-order valence-electron chi connectivity index (χ3n) is 6.14. The van der Waals surface area contributed by atoms with Gasteiger partial charge in [-0.3, -0.25) is 6.08 Å². The van der Waals surface area contributed by atoms with Crippen molar-refractivity contribution in [1.82, 2.24) is 0 Å². The molecule has 6 heteroatoms. The molecule has 0 aromatic heterocycles. The van der Waals surface area contributed by atoms with E-state index in [-0.39, 0.29) is 72.4 Å². The van der Waals surface area contributed by atoms with Crippen molar-refractivity contribution >= 4 is 25.8 Å². The van der Waals surface area contributed by atoms with E-state index in [1.165, 1.54) is 33.5 Å². The van der Waals surface area contributed by atoms with Crippen LogP contribution in [0.25, 0.3) is 5.73 Å². The van der Waals surface area contributed by atoms with E-state index in [4.69, 9.17) is 5.73 Å². The first-order valence-electron chi connectivity index (χ1n) is 11.4. The molecular formula is C28H36Cl2NOSiZr. The third kappa shape index (κ3) is 12.7. The maximum atomic E-state index is 10.5. The van der Waals surface area contributed by atoms with E-state index < -0.39 is 0 Å². The minimum atomic E-state index is -0.352. The summed E-state index contributed by atoms with van der Waals surface area (Å²) in [5.41, 5.74) is 11.1. The van der Waals surface area contributed by atoms with Gasteiger partial charge in [0.2, 0.25) is 0 Å². The number of rotatable bonds is 3. The largest absolute Gasteiger partial charge is 4.00 e. The predicted octanol–water partition coefficient (Wildman–Crippen LogP) is -0.0531. The van der Waals surface area contributed by atoms with Gasteiger partial charge in [0.15, 0.2) is 0 Å². The van der Waals surface area contributed by atoms with Gasteiger partial charge in [-0.05, 0) is 12.8 Å². The number of benzene rings is 2. The standard InChI is InChI=1S/C12H11Si.C9H13.C7H13NO.2ClH.Zr/c1-3-7-11(8-4-1)13-12-9-5-2-6-10-12;1-6-5-7(2)9(4)8(6)3;8-7(9)6-4-2-1-3-5-6;;;/h1-10,13H;6H,1-4H3;6H,1-5H2,(H2,8,9);2*1H;/q;-1;;;;+4/p-3. The second kappa shape index (κ2) is 19.3. The van der Waals surface area contributed by atoms with Crippen LogP contribution in [0.1, 0.15) is 59.8 Å². The molecule has 1 radical (unpaired) electrons. The number of allylic oxidation sites excluding steroid dienone is 4. The van der Waals surface area contributed by atoms with E-state index >= 15 is 0 Å². The van der Waals surface area contributed by atoms with Crippen LogP contribution in [0.3, 0.4) is 0 Å². The maximum absolute atomic E-state index is 10.5. The van der Waals surface area contributed by atoms with Gasteiger partial charge in [0.25, 0.3) is 0 Å². The second-order valence-corrected chi connectivity index (χ2v) is 10.1. The molecule has 1 N–H and O–H groups in total. The number of hydrogen-bond acceptors (Lipinski definition) is 1. The summed E-state index contributed by atoms with van der Waals surface area (Å²) in [6, 6.07) is 21.3. The fourth-order valence-electron chi connectivity index (χ4n) is 3.82. The van der Waals surface area contributed by atoms with Crippen LogP contribution in [-0.2, 0) is 31.0 Å². The molecule has 1 amide bonds. The van der Waals surface area contributed by atoms with Gasteiger partial charge >= 0.3 is 26.2 Å². The van der Waals surface area contributed by atoms with E-state index in [0.717, 1.165) is 25.7 Å². The molecule has 2 aromatic rings. The van der Waals surface area contributed by atoms with Crippen LogP contribution >= 0.6 is 0 Å². The van der Waals surface area contributed by atoms with Gasteiger partial charge in [-0.2, -0.15) is 11.1 Å². The van der Waals surface area contributed by atoms with Gasteiger partial charge < -0.3 is 35.3 Å². The number of hydrogen-bond donors (Lipinski definition) is 0. The first-order valence-corrected chi connectivity index (χ1v) is 12.5. The SMILES string of the molecule is CC1=[C-]C(C)C(C)=C1C.[Cl-].[Cl-].[NH-]C(=O)C1CCCCC1.[Zr+4].c1ccc([SiH]c2ccccc2)cc1. The zero-order valence-electron chi connectivity index (χ0n) is 20.7. The summed E-state index contributed by atoms with van der Waals surface area (Å²) >= 11 is 0. The first-order chi connectivity index (χ1) is 14.9. The van der Waals surface area contributed by atoms with Crippen molar-refractivity contribution in [1.29, 1.82) is 0 Å². The van der Waals surface area contributed by atoms with E-state index in [0.29, 0.717) is 5.92 Å². The van der Waals surface area contributed by atoms with E-state index in [1.807, 2.05) is 0 Å². The Morgan fingerprint density at radius 2 is 1.29 bits per heavy atom. The number of halogens is 2. The summed E-state index contributed by atoms with van der Waals surface area (Å²) in [6.45, 7) is 8.67. The van der Waals surface area contributed by atoms with Crippen LogP contribution in [0.5, 0.6) is 0 Å². The topological polar surface area (TPSA) is 40.9 Å². The maximum Gasteiger partial charge on any atom is 4.00 e. The fourth-order valence-corrected chi connectivity index (χ4v) is 5.03. The van der Waals surface area contributed by atoms with Gasteiger partial charge in [0.05, 0.1) is 5.91 Å². The quantitative estimate of drug-likeness (QED) is 0.364. The Morgan fingerprint density at radius 1 is 0.853 bits per heavy atom. The van der Waals surface area contributed by atoms with E-state index in [1.54, 1.807) is 0 Å². The molecule has 2 aliphatic rings. The Bertz CT molecular complexity index is 844. The van der Waals surface area contributed by atoms with Gasteiger partial charge in [-0.15, -0.1) is 6.92 Å². The zero-order chi connectivity index (χ0) is 22.6. The molecule has 0 saturated heterocycles. The fraction of sp³-hybridized carbons (Fsp3) is 0.393. The molecule has 1 unspecified atom stereocenters. The number of carbonyl (C=O) groups is 1. The molecule has 0 spiro atoms. The Kier molecular flexibility index (Phi) is 20.0. The van der Waals surface area contributed by atoms with Crippen LogP contribution in [-0.4, -0.2) is 15.4 Å². The van der Waals surface area contributed by atoms with Crippen LogP contribution in [0, 0.1) is 17.9 Å². The minimum Gasteiger partial charge on any atom is -1.00 e. The molecule has 0 bridgehead atoms. The average Bonchev–Trinajstić information content (AvgIpc) is 3.02. The molecule has 4 rings (SSSR count). The normalized spacial score (nSPS) is 16.7. The molecule has 0 heterocycles. The summed E-state index contributed by atoms with van der Waals surface area (Å²) in [6.07, 6.45) is 8.83. The number of nitrogens with one attached hydrogen (secondary N) is 1. The number of amides is 1. The summed E-state index contributed by atoms with van der Waals surface area (Å²) < 4.78 is 0. The Labute approximate surface area is 241 Å². The molecule has 1 saturated carbocycles. The smallest absolute Gasteiger partial charge is 1.00 e. The van der Waals surface area contributed by atoms with Gasteiger partial charge in [-0.25, -0.2) is 5.57 Å². The molecule has 181 valence electrons. The molecule has 1 fully saturated rings. The molecule has 2 nitrogen and oxygen atoms in total. The average molecular weight is 593 g/mol. The summed E-state index contributed by atoms with van der Waals surface area (Å²) in [5, 5.41) is 2.90. The summed E-state index contributed by atoms with van der Waals surface area (Å²) in [7, 11) is 0.271. The third-order valence-corrected chi connectivity index (χ3v) is 7.58. The summed E-state index contributed by atoms with van der Waals surface area (Å²) in [4.78, 5) is 10.5. The predicted molar refractivity (Wildman–Crippen MR) is 135 cm³/mol. The molecule has 34 heavy (non-hydrogen) atoms. The Hall–Kier alpha value is -0.930. The van der Waals surface area contributed by atoms with Crippen molar-refractivity contribution in [2.75, 3.05) is 0 Å². The summed E-state index contributed by atoms with van der Waals surface area (Å²) in [5.74, 6) is 0.290. The second-order valence-electron chi connectivity index (χ2n) is 8.46. The van der Waals surface area contributed by atoms with Crippen LogP contribution < -0.4 is 35.2 Å². The van der Waals surface area contributed by atoms with Crippen LogP contribution in [0.4, 0.5) is 0 Å². The van der Waals surface area contributed by atoms with Crippen LogP contribution in [0.2, 0.25) is 0 Å². The number of carbonyl (C=O) groups excluding carboxylic acids is 1. The Balaban J connectivity index is 0. The molecular weight excluding hydrogens is 557 g/mol. The molecule has 2 aliphatic carbocycles. The van der Waals surface area contributed by atoms with Gasteiger partial charge in [0, 0.05) is 5.92 Å². The van der Waals surface area contributed by atoms with Gasteiger partial charge in [0.1, 0.15) is 9.52 Å². The van der Waals surface area contributed by atoms with Crippen molar-refractivity contribution in [3.63, 3.8) is 0 Å². The van der Waals surface area contributed by atoms with Crippen molar-refractivity contribution in [3.05, 3.63) is 89.2 Å². The zero-order valence-corrected chi connectivity index (χ0v) is 25.8. The van der Waals surface area contributed by atoms with E-state index in [2.05, 4.69) is 94.4 Å². The Morgan fingerprint density at radius 3 is 1.56 bits per heavy atom. The molecule has 1 atom stereocenters. The van der Waals surface area contributed by atoms with E-state index in [9.17, 15) is 4.79 Å².